The van der Waals surface area contributed by atoms with Crippen LogP contribution in [-0.4, -0.2) is 22.8 Å². The Balaban J connectivity index is 2.03. The van der Waals surface area contributed by atoms with Crippen molar-refractivity contribution in [3.63, 3.8) is 0 Å². The summed E-state index contributed by atoms with van der Waals surface area (Å²) in [4.78, 5) is 23.2. The molecule has 1 fully saturated rings. The molecular weight excluding hydrogens is 246 g/mol. The number of rotatable bonds is 3. The lowest BCUT2D eigenvalue weighted by atomic mass is 10.3. The maximum atomic E-state index is 11.3. The largest absolute Gasteiger partial charge is 0.497 e. The lowest BCUT2D eigenvalue weighted by molar-refractivity contribution is -0.117. The Hall–Kier alpha value is -1.14. The van der Waals surface area contributed by atoms with E-state index in [1.807, 2.05) is 24.3 Å². The number of nitrogens with one attached hydrogen (secondary N) is 1. The maximum absolute atomic E-state index is 11.3. The zero-order valence-electron chi connectivity index (χ0n) is 8.43. The molecule has 6 heteroatoms. The van der Waals surface area contributed by atoms with Gasteiger partial charge in [-0.1, -0.05) is 0 Å². The van der Waals surface area contributed by atoms with Gasteiger partial charge in [-0.2, -0.15) is 0 Å². The van der Waals surface area contributed by atoms with Gasteiger partial charge in [-0.05, 0) is 36.0 Å². The number of benzene rings is 1. The molecule has 1 aliphatic rings. The van der Waals surface area contributed by atoms with Gasteiger partial charge in [-0.25, -0.2) is 0 Å². The van der Waals surface area contributed by atoms with Gasteiger partial charge in [-0.15, -0.1) is 11.8 Å². The Kier molecular flexibility index (Phi) is 3.40. The summed E-state index contributed by atoms with van der Waals surface area (Å²) >= 11 is 2.37. The van der Waals surface area contributed by atoms with Crippen LogP contribution >= 0.6 is 23.5 Å². The number of hydrogen-bond acceptors (Lipinski definition) is 5. The molecule has 1 heterocycles. The monoisotopic (exact) mass is 255 g/mol. The number of thioether (sulfide) groups is 2. The fourth-order valence-corrected chi connectivity index (χ4v) is 3.21. The molecule has 1 aromatic rings. The molecule has 0 bridgehead atoms. The fraction of sp³-hybridized carbons (Fsp3) is 0.200. The normalized spacial score (nSPS) is 19.7. The zero-order chi connectivity index (χ0) is 11.5. The number of hydrogen-bond donors (Lipinski definition) is 1. The quantitative estimate of drug-likeness (QED) is 0.896. The van der Waals surface area contributed by atoms with Crippen LogP contribution in [0.2, 0.25) is 0 Å². The second-order valence-electron chi connectivity index (χ2n) is 3.02. The number of carbonyl (C=O) groups excluding carboxylic acids is 2. The van der Waals surface area contributed by atoms with E-state index in [4.69, 9.17) is 4.74 Å². The molecule has 1 atom stereocenters. The van der Waals surface area contributed by atoms with E-state index >= 15 is 0 Å². The number of amides is 2. The van der Waals surface area contributed by atoms with E-state index in [2.05, 4.69) is 5.32 Å². The summed E-state index contributed by atoms with van der Waals surface area (Å²) in [6.45, 7) is 0. The first-order chi connectivity index (χ1) is 7.69. The number of imide groups is 1. The number of methoxy groups -OCH3 is 1. The summed E-state index contributed by atoms with van der Waals surface area (Å²) in [7, 11) is 1.60. The van der Waals surface area contributed by atoms with Crippen LogP contribution in [0.3, 0.4) is 0 Å². The summed E-state index contributed by atoms with van der Waals surface area (Å²) in [5.74, 6) is 0.528. The second kappa shape index (κ2) is 4.80. The van der Waals surface area contributed by atoms with Gasteiger partial charge in [0.15, 0.2) is 0 Å². The Morgan fingerprint density at radius 2 is 2.00 bits per heavy atom. The van der Waals surface area contributed by atoms with Crippen molar-refractivity contribution in [2.75, 3.05) is 7.11 Å². The summed E-state index contributed by atoms with van der Waals surface area (Å²) in [6.07, 6.45) is 0. The highest BCUT2D eigenvalue weighted by Crippen LogP contribution is 2.35. The number of carbonyl (C=O) groups is 2. The predicted molar refractivity (Wildman–Crippen MR) is 63.8 cm³/mol. The van der Waals surface area contributed by atoms with Crippen molar-refractivity contribution in [2.45, 2.75) is 9.48 Å². The average molecular weight is 255 g/mol. The van der Waals surface area contributed by atoms with Crippen molar-refractivity contribution in [1.29, 1.82) is 0 Å². The Morgan fingerprint density at radius 3 is 2.50 bits per heavy atom. The van der Waals surface area contributed by atoms with Gasteiger partial charge in [-0.3, -0.25) is 14.9 Å². The molecule has 16 heavy (non-hydrogen) atoms. The van der Waals surface area contributed by atoms with Crippen LogP contribution < -0.4 is 10.1 Å². The zero-order valence-corrected chi connectivity index (χ0v) is 10.1. The minimum absolute atomic E-state index is 0.240. The molecule has 0 aromatic heterocycles. The van der Waals surface area contributed by atoms with Gasteiger partial charge < -0.3 is 4.74 Å². The first-order valence-corrected chi connectivity index (χ1v) is 6.27. The molecule has 2 rings (SSSR count). The summed E-state index contributed by atoms with van der Waals surface area (Å²) < 4.78 is 4.64. The van der Waals surface area contributed by atoms with Gasteiger partial charge in [0.05, 0.1) is 7.11 Å². The molecule has 2 amide bonds. The Morgan fingerprint density at radius 1 is 1.31 bits per heavy atom. The van der Waals surface area contributed by atoms with Crippen LogP contribution in [0.5, 0.6) is 5.75 Å². The van der Waals surface area contributed by atoms with Gasteiger partial charge in [0.2, 0.25) is 0 Å². The van der Waals surface area contributed by atoms with Crippen LogP contribution in [0, 0.1) is 0 Å². The smallest absolute Gasteiger partial charge is 0.287 e. The van der Waals surface area contributed by atoms with Crippen molar-refractivity contribution in [3.8, 4) is 5.75 Å². The minimum atomic E-state index is -0.388. The van der Waals surface area contributed by atoms with Crippen molar-refractivity contribution in [3.05, 3.63) is 24.3 Å². The molecular formula is C10H9NO3S2. The first kappa shape index (κ1) is 11.3. The first-order valence-electron chi connectivity index (χ1n) is 4.51. The molecule has 0 aliphatic carbocycles. The molecule has 0 radical (unpaired) electrons. The molecule has 84 valence electrons. The van der Waals surface area contributed by atoms with E-state index in [0.717, 1.165) is 22.4 Å². The van der Waals surface area contributed by atoms with E-state index in [1.165, 1.54) is 11.8 Å². The molecule has 1 saturated heterocycles. The Bertz CT molecular complexity index is 419. The SMILES string of the molecule is COc1ccc(SC2SC(=O)NC2=O)cc1. The highest BCUT2D eigenvalue weighted by Gasteiger charge is 2.32. The van der Waals surface area contributed by atoms with Crippen LogP contribution in [0.15, 0.2) is 29.2 Å². The Labute approximate surface area is 101 Å². The molecule has 0 spiro atoms. The summed E-state index contributed by atoms with van der Waals surface area (Å²) in [5.41, 5.74) is 0. The van der Waals surface area contributed by atoms with Gasteiger partial charge in [0.25, 0.3) is 11.1 Å². The van der Waals surface area contributed by atoms with Crippen molar-refractivity contribution in [1.82, 2.24) is 5.32 Å². The molecule has 0 saturated carbocycles. The molecule has 1 aliphatic heterocycles. The van der Waals surface area contributed by atoms with E-state index in [9.17, 15) is 9.59 Å². The topological polar surface area (TPSA) is 55.4 Å². The minimum Gasteiger partial charge on any atom is -0.497 e. The van der Waals surface area contributed by atoms with Crippen molar-refractivity contribution >= 4 is 34.7 Å². The van der Waals surface area contributed by atoms with Crippen LogP contribution in [0.25, 0.3) is 0 Å². The highest BCUT2D eigenvalue weighted by molar-refractivity contribution is 8.26. The van der Waals surface area contributed by atoms with Crippen LogP contribution in [-0.2, 0) is 4.79 Å². The molecule has 1 aromatic carbocycles. The lowest BCUT2D eigenvalue weighted by Crippen LogP contribution is -2.22. The summed E-state index contributed by atoms with van der Waals surface area (Å²) in [6, 6.07) is 7.36. The van der Waals surface area contributed by atoms with E-state index in [1.54, 1.807) is 7.11 Å². The summed E-state index contributed by atoms with van der Waals surface area (Å²) in [5, 5.41) is 1.97. The second-order valence-corrected chi connectivity index (χ2v) is 5.57. The molecule has 4 nitrogen and oxygen atoms in total. The van der Waals surface area contributed by atoms with E-state index in [-0.39, 0.29) is 15.7 Å². The maximum Gasteiger partial charge on any atom is 0.287 e. The molecule has 1 N–H and O–H groups in total. The lowest BCUT2D eigenvalue weighted by Gasteiger charge is -2.05. The average Bonchev–Trinajstić information content (AvgIpc) is 2.59. The van der Waals surface area contributed by atoms with Crippen molar-refractivity contribution < 1.29 is 14.3 Å². The van der Waals surface area contributed by atoms with Crippen molar-refractivity contribution in [2.24, 2.45) is 0 Å². The van der Waals surface area contributed by atoms with Gasteiger partial charge in [0, 0.05) is 4.90 Å². The third-order valence-corrected chi connectivity index (χ3v) is 4.25. The van der Waals surface area contributed by atoms with Crippen LogP contribution in [0.4, 0.5) is 4.79 Å². The van der Waals surface area contributed by atoms with E-state index in [0.29, 0.717) is 0 Å². The molecule has 1 unspecified atom stereocenters. The van der Waals surface area contributed by atoms with Gasteiger partial charge in [0.1, 0.15) is 10.3 Å². The third kappa shape index (κ3) is 2.51. The third-order valence-electron chi connectivity index (χ3n) is 1.96. The van der Waals surface area contributed by atoms with Gasteiger partial charge >= 0.3 is 0 Å². The highest BCUT2D eigenvalue weighted by atomic mass is 32.2. The van der Waals surface area contributed by atoms with E-state index < -0.39 is 0 Å². The fourth-order valence-electron chi connectivity index (χ4n) is 1.20. The standard InChI is InChI=1S/C10H9NO3S2/c1-14-6-2-4-7(5-3-6)15-9-8(12)11-10(13)16-9/h2-5,9H,1H3,(H,11,12,13). The predicted octanol–water partition coefficient (Wildman–Crippen LogP) is 2.10. The number of ether oxygens (including phenoxy) is 1. The van der Waals surface area contributed by atoms with Crippen LogP contribution in [0.1, 0.15) is 0 Å².